The first kappa shape index (κ1) is 17.5. The van der Waals surface area contributed by atoms with Crippen molar-refractivity contribution in [3.05, 3.63) is 0 Å². The molecule has 0 radical (unpaired) electrons. The van der Waals surface area contributed by atoms with E-state index in [4.69, 9.17) is 12.8 Å². The Bertz CT molecular complexity index is 939. The molecule has 1 nitrogen and oxygen atoms in total. The van der Waals surface area contributed by atoms with Gasteiger partial charge in [-0.3, -0.25) is 0 Å². The summed E-state index contributed by atoms with van der Waals surface area (Å²) in [5, 5.41) is 0. The Morgan fingerprint density at radius 2 is 0.909 bits per heavy atom. The Morgan fingerprint density at radius 1 is 0.500 bits per heavy atom. The molecule has 0 heterocycles. The van der Waals surface area contributed by atoms with Gasteiger partial charge in [-0.2, -0.15) is 0 Å². The minimum atomic E-state index is 1.29. The molecule has 0 spiro atoms. The van der Waals surface area contributed by atoms with E-state index in [1.54, 1.807) is 0 Å². The summed E-state index contributed by atoms with van der Waals surface area (Å²) in [6.07, 6.45) is 9.80. The molecule has 0 aliphatic heterocycles. The van der Waals surface area contributed by atoms with E-state index in [2.05, 4.69) is 111 Å². The maximum absolute atomic E-state index is 4.90. The van der Waals surface area contributed by atoms with Crippen molar-refractivity contribution in [2.75, 3.05) is 0 Å². The quantitative estimate of drug-likeness (QED) is 0.435. The standard InChI is InChI=1S/C20H2BN/c1-3-5-7-9-11-13-15-17-19-21-22-20-18-16-14-12-10-8-6-4-2/h1-2H. The average Bonchev–Trinajstić information content (AvgIpc) is 2.54. The normalized spacial score (nSPS) is 4.45. The molecule has 0 N–H and O–H groups in total. The van der Waals surface area contributed by atoms with E-state index >= 15 is 0 Å². The zero-order valence-corrected chi connectivity index (χ0v) is 11.2. The predicted octanol–water partition coefficient (Wildman–Crippen LogP) is 0.0828. The molecule has 0 aromatic carbocycles. The van der Waals surface area contributed by atoms with Gasteiger partial charge >= 0.3 is 131 Å². The first-order valence-corrected chi connectivity index (χ1v) is 5.35. The first-order chi connectivity index (χ1) is 10.9. The molecule has 0 saturated carbocycles. The number of nitrogens with zero attached hydrogens (tertiary/aromatic N) is 1. The van der Waals surface area contributed by atoms with Crippen LogP contribution >= 0.6 is 0 Å². The molecule has 0 saturated heterocycles. The molecule has 0 aliphatic carbocycles. The second kappa shape index (κ2) is 16.5. The summed E-state index contributed by atoms with van der Waals surface area (Å²) in [6, 6.07) is 2.41. The summed E-state index contributed by atoms with van der Waals surface area (Å²) in [6.45, 7) is 0. The van der Waals surface area contributed by atoms with Crippen LogP contribution in [-0.2, 0) is 0 Å². The monoisotopic (exact) mass is 267 g/mol. The molecule has 0 unspecified atom stereocenters. The molecule has 0 bridgehead atoms. The van der Waals surface area contributed by atoms with Crippen molar-refractivity contribution < 1.29 is 0 Å². The number of terminal acetylenes is 2. The average molecular weight is 267 g/mol. The summed E-state index contributed by atoms with van der Waals surface area (Å²) in [7, 11) is 1.29. The molecule has 22 heavy (non-hydrogen) atoms. The van der Waals surface area contributed by atoms with Crippen LogP contribution in [-0.4, -0.2) is 7.07 Å². The van der Waals surface area contributed by atoms with Gasteiger partial charge in [-0.05, 0) is 0 Å². The predicted molar refractivity (Wildman–Crippen MR) is 88.1 cm³/mol. The van der Waals surface area contributed by atoms with Crippen molar-refractivity contribution in [1.29, 1.82) is 0 Å². The zero-order valence-electron chi connectivity index (χ0n) is 11.2. The SMILES string of the molecule is C#CC#CC#CC#CC#CB=NC#CC#CC#CC#CC#C. The summed E-state index contributed by atoms with van der Waals surface area (Å²) in [5.74, 6) is 40.8. The van der Waals surface area contributed by atoms with Gasteiger partial charge in [-0.25, -0.2) is 0 Å². The van der Waals surface area contributed by atoms with Crippen LogP contribution in [0.25, 0.3) is 0 Å². The molecule has 2 heteroatoms. The summed E-state index contributed by atoms with van der Waals surface area (Å²) >= 11 is 0. The fraction of sp³-hybridized carbons (Fsp3) is 0. The van der Waals surface area contributed by atoms with Gasteiger partial charge in [-0.15, -0.1) is 0 Å². The first-order valence-electron chi connectivity index (χ1n) is 5.35. The van der Waals surface area contributed by atoms with Crippen LogP contribution in [0.1, 0.15) is 0 Å². The Balaban J connectivity index is 4.30. The van der Waals surface area contributed by atoms with Crippen molar-refractivity contribution in [2.45, 2.75) is 0 Å². The van der Waals surface area contributed by atoms with Gasteiger partial charge in [0.25, 0.3) is 0 Å². The molecule has 0 aromatic heterocycles. The van der Waals surface area contributed by atoms with Crippen LogP contribution in [0.15, 0.2) is 4.90 Å². The van der Waals surface area contributed by atoms with E-state index in [1.165, 1.54) is 7.07 Å². The van der Waals surface area contributed by atoms with Crippen LogP contribution < -0.4 is 0 Å². The van der Waals surface area contributed by atoms with Gasteiger partial charge in [0.2, 0.25) is 0 Å². The van der Waals surface area contributed by atoms with Crippen molar-refractivity contribution in [1.82, 2.24) is 0 Å². The Hall–Kier alpha value is -4.54. The van der Waals surface area contributed by atoms with Crippen LogP contribution in [0.5, 0.6) is 0 Å². The van der Waals surface area contributed by atoms with Crippen LogP contribution in [0.3, 0.4) is 0 Å². The Labute approximate surface area is 132 Å². The molecule has 0 fully saturated rings. The third-order valence-corrected chi connectivity index (χ3v) is 1.22. The zero-order chi connectivity index (χ0) is 16.1. The van der Waals surface area contributed by atoms with E-state index in [0.29, 0.717) is 0 Å². The van der Waals surface area contributed by atoms with Crippen molar-refractivity contribution in [2.24, 2.45) is 4.90 Å². The van der Waals surface area contributed by atoms with Crippen molar-refractivity contribution >= 4 is 7.07 Å². The van der Waals surface area contributed by atoms with Gasteiger partial charge in [0.1, 0.15) is 0 Å². The van der Waals surface area contributed by atoms with Crippen molar-refractivity contribution in [3.8, 4) is 119 Å². The molecule has 0 aromatic rings. The van der Waals surface area contributed by atoms with Gasteiger partial charge in [-0.1, -0.05) is 0 Å². The van der Waals surface area contributed by atoms with E-state index in [9.17, 15) is 0 Å². The summed E-state index contributed by atoms with van der Waals surface area (Å²) in [4.78, 5) is 3.66. The molecule has 0 rings (SSSR count). The topological polar surface area (TPSA) is 12.4 Å². The third-order valence-electron chi connectivity index (χ3n) is 1.22. The molecule has 0 atom stereocenters. The molecule has 90 valence electrons. The molecular weight excluding hydrogens is 265 g/mol. The van der Waals surface area contributed by atoms with Gasteiger partial charge in [0.15, 0.2) is 0 Å². The van der Waals surface area contributed by atoms with Gasteiger partial charge < -0.3 is 0 Å². The van der Waals surface area contributed by atoms with Crippen LogP contribution in [0.2, 0.25) is 0 Å². The van der Waals surface area contributed by atoms with E-state index in [1.807, 2.05) is 0 Å². The second-order valence-corrected chi connectivity index (χ2v) is 2.55. The molecule has 0 aliphatic rings. The van der Waals surface area contributed by atoms with Gasteiger partial charge in [0, 0.05) is 0 Å². The number of rotatable bonds is 0. The Morgan fingerprint density at radius 3 is 1.41 bits per heavy atom. The second-order valence-electron chi connectivity index (χ2n) is 2.55. The van der Waals surface area contributed by atoms with E-state index in [-0.39, 0.29) is 0 Å². The molecule has 0 amide bonds. The fourth-order valence-corrected chi connectivity index (χ4v) is 0.578. The van der Waals surface area contributed by atoms with Crippen molar-refractivity contribution in [3.63, 3.8) is 0 Å². The third kappa shape index (κ3) is 15.5. The summed E-state index contributed by atoms with van der Waals surface area (Å²) in [5.41, 5.74) is 0. The number of hydrogen-bond acceptors (Lipinski definition) is 1. The minimum absolute atomic E-state index is 1.29. The van der Waals surface area contributed by atoms with E-state index < -0.39 is 0 Å². The molecular formula is C20H2BN. The fourth-order valence-electron chi connectivity index (χ4n) is 0.578. The van der Waals surface area contributed by atoms with E-state index in [0.717, 1.165) is 0 Å². The van der Waals surface area contributed by atoms with Crippen LogP contribution in [0, 0.1) is 119 Å². The van der Waals surface area contributed by atoms with Gasteiger partial charge in [0.05, 0.1) is 0 Å². The summed E-state index contributed by atoms with van der Waals surface area (Å²) < 4.78 is 0. The number of hydrogen-bond donors (Lipinski definition) is 0. The Kier molecular flexibility index (Phi) is 13.1. The van der Waals surface area contributed by atoms with Crippen LogP contribution in [0.4, 0.5) is 0 Å². The maximum atomic E-state index is 4.90.